The topological polar surface area (TPSA) is 60.9 Å². The molecule has 0 radical (unpaired) electrons. The Morgan fingerprint density at radius 2 is 1.58 bits per heavy atom. The zero-order chi connectivity index (χ0) is 13.9. The summed E-state index contributed by atoms with van der Waals surface area (Å²) in [5.74, 6) is 0. The number of rotatable bonds is 3. The highest BCUT2D eigenvalue weighted by atomic mass is 32.2. The lowest BCUT2D eigenvalue weighted by molar-refractivity contribution is 0.0614. The highest BCUT2D eigenvalue weighted by molar-refractivity contribution is 7.86. The number of likely N-dealkylation sites (N-methyl/N-ethyl adjacent to an activating group) is 1. The van der Waals surface area contributed by atoms with E-state index in [1.807, 2.05) is 0 Å². The van der Waals surface area contributed by atoms with Crippen molar-refractivity contribution >= 4 is 10.2 Å². The van der Waals surface area contributed by atoms with Gasteiger partial charge in [-0.15, -0.1) is 0 Å². The van der Waals surface area contributed by atoms with E-state index in [9.17, 15) is 13.5 Å². The van der Waals surface area contributed by atoms with E-state index < -0.39 is 16.3 Å². The number of aliphatic hydroxyl groups excluding tert-OH is 1. The van der Waals surface area contributed by atoms with Gasteiger partial charge < -0.3 is 5.11 Å². The van der Waals surface area contributed by atoms with Crippen molar-refractivity contribution in [3.63, 3.8) is 0 Å². The average Bonchev–Trinajstić information content (AvgIpc) is 2.67. The molecule has 0 bridgehead atoms. The van der Waals surface area contributed by atoms with Crippen LogP contribution in [0.1, 0.15) is 51.4 Å². The van der Waals surface area contributed by atoms with E-state index in [4.69, 9.17) is 0 Å². The lowest BCUT2D eigenvalue weighted by Crippen LogP contribution is -2.51. The first-order chi connectivity index (χ1) is 9.03. The fourth-order valence-electron chi connectivity index (χ4n) is 3.14. The Bertz CT molecular complexity index is 377. The second kappa shape index (κ2) is 6.52. The molecule has 1 saturated carbocycles. The van der Waals surface area contributed by atoms with Crippen LogP contribution in [0.15, 0.2) is 0 Å². The number of hydrogen-bond donors (Lipinski definition) is 1. The minimum Gasteiger partial charge on any atom is -0.391 e. The molecule has 112 valence electrons. The van der Waals surface area contributed by atoms with Gasteiger partial charge in [0.25, 0.3) is 10.2 Å². The maximum atomic E-state index is 12.6. The molecule has 1 saturated heterocycles. The lowest BCUT2D eigenvalue weighted by atomic mass is 9.93. The molecule has 2 rings (SSSR count). The van der Waals surface area contributed by atoms with Crippen molar-refractivity contribution in [2.24, 2.45) is 0 Å². The van der Waals surface area contributed by atoms with Gasteiger partial charge in [0.15, 0.2) is 0 Å². The number of nitrogens with zero attached hydrogens (tertiary/aromatic N) is 2. The van der Waals surface area contributed by atoms with Crippen molar-refractivity contribution in [3.8, 4) is 0 Å². The van der Waals surface area contributed by atoms with Crippen LogP contribution in [-0.2, 0) is 10.2 Å². The van der Waals surface area contributed by atoms with Crippen LogP contribution in [0.4, 0.5) is 0 Å². The van der Waals surface area contributed by atoms with Crippen LogP contribution in [-0.4, -0.2) is 54.4 Å². The third kappa shape index (κ3) is 3.48. The van der Waals surface area contributed by atoms with Crippen molar-refractivity contribution in [1.29, 1.82) is 0 Å². The molecule has 19 heavy (non-hydrogen) atoms. The quantitative estimate of drug-likeness (QED) is 0.853. The second-order valence-corrected chi connectivity index (χ2v) is 7.74. The molecular formula is C13H26N2O3S. The summed E-state index contributed by atoms with van der Waals surface area (Å²) in [7, 11) is -1.79. The SMILES string of the molecule is CN(C1CCCCC1O)S(=O)(=O)N1CCCCCC1. The van der Waals surface area contributed by atoms with Gasteiger partial charge in [0, 0.05) is 20.1 Å². The average molecular weight is 290 g/mol. The van der Waals surface area contributed by atoms with Crippen LogP contribution in [0.2, 0.25) is 0 Å². The zero-order valence-electron chi connectivity index (χ0n) is 11.8. The maximum Gasteiger partial charge on any atom is 0.282 e. The van der Waals surface area contributed by atoms with Crippen LogP contribution in [0.3, 0.4) is 0 Å². The van der Waals surface area contributed by atoms with E-state index in [-0.39, 0.29) is 6.04 Å². The highest BCUT2D eigenvalue weighted by Gasteiger charge is 2.36. The van der Waals surface area contributed by atoms with Crippen LogP contribution in [0.25, 0.3) is 0 Å². The first-order valence-corrected chi connectivity index (χ1v) is 8.84. The normalized spacial score (nSPS) is 31.3. The zero-order valence-corrected chi connectivity index (χ0v) is 12.6. The largest absolute Gasteiger partial charge is 0.391 e. The molecule has 0 aromatic heterocycles. The Balaban J connectivity index is 2.08. The van der Waals surface area contributed by atoms with Crippen molar-refractivity contribution < 1.29 is 13.5 Å². The molecule has 1 N–H and O–H groups in total. The summed E-state index contributed by atoms with van der Waals surface area (Å²) >= 11 is 0. The third-order valence-corrected chi connectivity index (χ3v) is 6.43. The highest BCUT2D eigenvalue weighted by Crippen LogP contribution is 2.26. The summed E-state index contributed by atoms with van der Waals surface area (Å²) in [5, 5.41) is 10.0. The van der Waals surface area contributed by atoms with Gasteiger partial charge in [-0.05, 0) is 25.7 Å². The first-order valence-electron chi connectivity index (χ1n) is 7.44. The standard InChI is InChI=1S/C13H26N2O3S/c1-14(12-8-4-5-9-13(12)16)19(17,18)15-10-6-2-3-7-11-15/h12-13,16H,2-11H2,1H3. The number of hydrogen-bond acceptors (Lipinski definition) is 3. The summed E-state index contributed by atoms with van der Waals surface area (Å²) in [5.41, 5.74) is 0. The second-order valence-electron chi connectivity index (χ2n) is 5.76. The van der Waals surface area contributed by atoms with Gasteiger partial charge in [0.05, 0.1) is 12.1 Å². The van der Waals surface area contributed by atoms with Crippen LogP contribution < -0.4 is 0 Å². The molecule has 2 aliphatic rings. The van der Waals surface area contributed by atoms with E-state index in [0.717, 1.165) is 44.9 Å². The summed E-state index contributed by atoms with van der Waals surface area (Å²) in [6.45, 7) is 1.24. The van der Waals surface area contributed by atoms with Crippen molar-refractivity contribution in [3.05, 3.63) is 0 Å². The first kappa shape index (κ1) is 15.2. The van der Waals surface area contributed by atoms with E-state index in [1.165, 1.54) is 4.31 Å². The van der Waals surface area contributed by atoms with Crippen molar-refractivity contribution in [2.75, 3.05) is 20.1 Å². The molecule has 0 aromatic rings. The lowest BCUT2D eigenvalue weighted by Gasteiger charge is -2.37. The van der Waals surface area contributed by atoms with Crippen LogP contribution in [0, 0.1) is 0 Å². The summed E-state index contributed by atoms with van der Waals surface area (Å²) < 4.78 is 28.3. The Kier molecular flexibility index (Phi) is 5.22. The molecule has 6 heteroatoms. The van der Waals surface area contributed by atoms with Gasteiger partial charge in [0.2, 0.25) is 0 Å². The van der Waals surface area contributed by atoms with E-state index in [1.54, 1.807) is 11.4 Å². The molecule has 2 atom stereocenters. The molecule has 0 aromatic carbocycles. The molecule has 0 amide bonds. The molecule has 1 aliphatic carbocycles. The Labute approximate surface area is 116 Å². The fraction of sp³-hybridized carbons (Fsp3) is 1.00. The van der Waals surface area contributed by atoms with Gasteiger partial charge in [0.1, 0.15) is 0 Å². The Morgan fingerprint density at radius 3 is 2.16 bits per heavy atom. The predicted octanol–water partition coefficient (Wildman–Crippen LogP) is 1.34. The van der Waals surface area contributed by atoms with E-state index >= 15 is 0 Å². The smallest absolute Gasteiger partial charge is 0.282 e. The molecule has 1 aliphatic heterocycles. The Hall–Kier alpha value is -0.170. The molecule has 5 nitrogen and oxygen atoms in total. The fourth-order valence-corrected chi connectivity index (χ4v) is 4.81. The maximum absolute atomic E-state index is 12.6. The van der Waals surface area contributed by atoms with Crippen LogP contribution in [0.5, 0.6) is 0 Å². The monoisotopic (exact) mass is 290 g/mol. The van der Waals surface area contributed by atoms with Gasteiger partial charge in [-0.2, -0.15) is 17.0 Å². The molecule has 0 spiro atoms. The molecular weight excluding hydrogens is 264 g/mol. The van der Waals surface area contributed by atoms with Gasteiger partial charge in [-0.3, -0.25) is 0 Å². The Morgan fingerprint density at radius 1 is 1.00 bits per heavy atom. The van der Waals surface area contributed by atoms with Gasteiger partial charge >= 0.3 is 0 Å². The molecule has 1 heterocycles. The minimum atomic E-state index is -3.41. The summed E-state index contributed by atoms with van der Waals surface area (Å²) in [6.07, 6.45) is 7.08. The predicted molar refractivity (Wildman–Crippen MR) is 75.0 cm³/mol. The number of aliphatic hydroxyl groups is 1. The van der Waals surface area contributed by atoms with Crippen LogP contribution >= 0.6 is 0 Å². The van der Waals surface area contributed by atoms with Crippen molar-refractivity contribution in [2.45, 2.75) is 63.5 Å². The third-order valence-electron chi connectivity index (χ3n) is 4.42. The summed E-state index contributed by atoms with van der Waals surface area (Å²) in [6, 6.07) is -0.248. The molecule has 2 unspecified atom stereocenters. The van der Waals surface area contributed by atoms with Gasteiger partial charge in [-0.25, -0.2) is 0 Å². The van der Waals surface area contributed by atoms with E-state index in [2.05, 4.69) is 0 Å². The van der Waals surface area contributed by atoms with Crippen molar-refractivity contribution in [1.82, 2.24) is 8.61 Å². The van der Waals surface area contributed by atoms with E-state index in [0.29, 0.717) is 19.5 Å². The minimum absolute atomic E-state index is 0.248. The summed E-state index contributed by atoms with van der Waals surface area (Å²) in [4.78, 5) is 0. The van der Waals surface area contributed by atoms with Gasteiger partial charge in [-0.1, -0.05) is 25.7 Å². The molecule has 2 fully saturated rings.